The van der Waals surface area contributed by atoms with Crippen LogP contribution in [0.1, 0.15) is 25.7 Å². The topological polar surface area (TPSA) is 44.1 Å². The lowest BCUT2D eigenvalue weighted by atomic mass is 9.68. The zero-order chi connectivity index (χ0) is 14.5. The van der Waals surface area contributed by atoms with Crippen molar-refractivity contribution in [3.63, 3.8) is 0 Å². The summed E-state index contributed by atoms with van der Waals surface area (Å²) in [6, 6.07) is 12.6. The first-order valence-corrected chi connectivity index (χ1v) is 7.64. The summed E-state index contributed by atoms with van der Waals surface area (Å²) >= 11 is 0. The molecule has 21 heavy (non-hydrogen) atoms. The molecule has 0 bridgehead atoms. The van der Waals surface area contributed by atoms with Crippen molar-refractivity contribution >= 4 is 11.5 Å². The lowest BCUT2D eigenvalue weighted by Crippen LogP contribution is -2.36. The summed E-state index contributed by atoms with van der Waals surface area (Å²) in [5, 5.41) is 9.30. The van der Waals surface area contributed by atoms with E-state index in [4.69, 9.17) is 0 Å². The normalized spacial score (nSPS) is 29.6. The first-order valence-electron chi connectivity index (χ1n) is 7.64. The summed E-state index contributed by atoms with van der Waals surface area (Å²) in [5.41, 5.74) is 1.48. The lowest BCUT2D eigenvalue weighted by Gasteiger charge is -2.34. The molecule has 3 nitrogen and oxygen atoms in total. The standard InChI is InChI=1S/C18H18N2O/c19-11-14-10-17(12-18(6-7-18)16(14)21)8-9-20(13-17)15-4-2-1-3-5-15/h1-5,10H,6-9,12-13H2. The molecule has 1 aromatic rings. The minimum atomic E-state index is -0.188. The molecule has 1 saturated heterocycles. The van der Waals surface area contributed by atoms with Crippen molar-refractivity contribution in [1.29, 1.82) is 5.26 Å². The van der Waals surface area contributed by atoms with Crippen LogP contribution < -0.4 is 4.90 Å². The molecule has 106 valence electrons. The molecule has 0 radical (unpaired) electrons. The maximum absolute atomic E-state index is 12.3. The molecular formula is C18H18N2O. The van der Waals surface area contributed by atoms with Crippen LogP contribution in [0.25, 0.3) is 0 Å². The van der Waals surface area contributed by atoms with Gasteiger partial charge in [-0.05, 0) is 37.8 Å². The predicted octanol–water partition coefficient (Wildman–Crippen LogP) is 3.09. The van der Waals surface area contributed by atoms with Crippen LogP contribution in [0.2, 0.25) is 0 Å². The molecule has 3 heteroatoms. The number of rotatable bonds is 1. The minimum Gasteiger partial charge on any atom is -0.371 e. The number of Topliss-reactive ketones (excluding diaryl/α,β-unsaturated/α-hetero) is 1. The predicted molar refractivity (Wildman–Crippen MR) is 80.7 cm³/mol. The molecule has 3 aliphatic rings. The number of nitrogens with zero attached hydrogens (tertiary/aromatic N) is 2. The monoisotopic (exact) mass is 278 g/mol. The summed E-state index contributed by atoms with van der Waals surface area (Å²) in [6.07, 6.45) is 5.91. The quantitative estimate of drug-likeness (QED) is 0.793. The van der Waals surface area contributed by atoms with E-state index in [0.717, 1.165) is 38.8 Å². The first-order chi connectivity index (χ1) is 10.2. The molecule has 4 rings (SSSR count). The second kappa shape index (κ2) is 4.21. The third kappa shape index (κ3) is 1.90. The molecule has 1 heterocycles. The van der Waals surface area contributed by atoms with Gasteiger partial charge in [-0.15, -0.1) is 0 Å². The van der Waals surface area contributed by atoms with Gasteiger partial charge in [0.25, 0.3) is 0 Å². The SMILES string of the molecule is N#CC1=CC2(CCN(c3ccccc3)C2)CC2(CC2)C1=O. The van der Waals surface area contributed by atoms with Gasteiger partial charge in [-0.25, -0.2) is 0 Å². The third-order valence-electron chi connectivity index (χ3n) is 5.35. The van der Waals surface area contributed by atoms with Crippen LogP contribution in [0.4, 0.5) is 5.69 Å². The Bertz CT molecular complexity index is 666. The Morgan fingerprint density at radius 3 is 2.57 bits per heavy atom. The smallest absolute Gasteiger partial charge is 0.179 e. The number of hydrogen-bond donors (Lipinski definition) is 0. The van der Waals surface area contributed by atoms with Gasteiger partial charge in [0, 0.05) is 29.6 Å². The summed E-state index contributed by atoms with van der Waals surface area (Å²) < 4.78 is 0. The van der Waals surface area contributed by atoms with Crippen LogP contribution in [0, 0.1) is 22.2 Å². The van der Waals surface area contributed by atoms with Gasteiger partial charge in [0.15, 0.2) is 5.78 Å². The number of ketones is 1. The zero-order valence-corrected chi connectivity index (χ0v) is 12.0. The Balaban J connectivity index is 1.66. The van der Waals surface area contributed by atoms with E-state index in [-0.39, 0.29) is 16.6 Å². The number of allylic oxidation sites excluding steroid dienone is 1. The van der Waals surface area contributed by atoms with Crippen LogP contribution in [0.15, 0.2) is 42.0 Å². The highest BCUT2D eigenvalue weighted by Gasteiger charge is 2.58. The number of carbonyl (C=O) groups is 1. The van der Waals surface area contributed by atoms with Crippen molar-refractivity contribution < 1.29 is 4.79 Å². The molecule has 1 unspecified atom stereocenters. The van der Waals surface area contributed by atoms with Crippen molar-refractivity contribution in [3.05, 3.63) is 42.0 Å². The molecule has 1 aromatic carbocycles. The van der Waals surface area contributed by atoms with Gasteiger partial charge < -0.3 is 4.90 Å². The molecule has 2 fully saturated rings. The largest absolute Gasteiger partial charge is 0.371 e. The van der Waals surface area contributed by atoms with Crippen LogP contribution in [-0.2, 0) is 4.79 Å². The number of nitriles is 1. The van der Waals surface area contributed by atoms with Crippen LogP contribution in [0.5, 0.6) is 0 Å². The molecule has 0 aromatic heterocycles. The van der Waals surface area contributed by atoms with E-state index in [2.05, 4.69) is 35.2 Å². The Labute approximate surface area is 124 Å². The number of benzene rings is 1. The van der Waals surface area contributed by atoms with Crippen molar-refractivity contribution in [1.82, 2.24) is 0 Å². The maximum Gasteiger partial charge on any atom is 0.179 e. The Morgan fingerprint density at radius 1 is 1.14 bits per heavy atom. The molecule has 2 spiro atoms. The molecule has 1 saturated carbocycles. The van der Waals surface area contributed by atoms with Crippen molar-refractivity contribution in [2.24, 2.45) is 10.8 Å². The average molecular weight is 278 g/mol. The number of para-hydroxylation sites is 1. The highest BCUT2D eigenvalue weighted by Crippen LogP contribution is 2.60. The van der Waals surface area contributed by atoms with E-state index in [1.165, 1.54) is 5.69 Å². The van der Waals surface area contributed by atoms with E-state index in [9.17, 15) is 10.1 Å². The summed E-state index contributed by atoms with van der Waals surface area (Å²) in [4.78, 5) is 14.7. The third-order valence-corrected chi connectivity index (χ3v) is 5.35. The molecular weight excluding hydrogens is 260 g/mol. The molecule has 0 N–H and O–H groups in total. The van der Waals surface area contributed by atoms with Crippen LogP contribution in [0.3, 0.4) is 0 Å². The van der Waals surface area contributed by atoms with Crippen LogP contribution in [-0.4, -0.2) is 18.9 Å². The molecule has 1 aliphatic heterocycles. The Hall–Kier alpha value is -2.08. The van der Waals surface area contributed by atoms with E-state index >= 15 is 0 Å². The second-order valence-electron chi connectivity index (χ2n) is 6.83. The Morgan fingerprint density at radius 2 is 1.90 bits per heavy atom. The minimum absolute atomic E-state index is 0.0192. The fraction of sp³-hybridized carbons (Fsp3) is 0.444. The maximum atomic E-state index is 12.3. The van der Waals surface area contributed by atoms with Gasteiger partial charge in [-0.3, -0.25) is 4.79 Å². The van der Waals surface area contributed by atoms with Gasteiger partial charge >= 0.3 is 0 Å². The van der Waals surface area contributed by atoms with Crippen molar-refractivity contribution in [2.75, 3.05) is 18.0 Å². The highest BCUT2D eigenvalue weighted by atomic mass is 16.1. The lowest BCUT2D eigenvalue weighted by molar-refractivity contribution is -0.121. The van der Waals surface area contributed by atoms with E-state index in [1.807, 2.05) is 12.1 Å². The van der Waals surface area contributed by atoms with E-state index in [1.54, 1.807) is 0 Å². The average Bonchev–Trinajstić information content (AvgIpc) is 3.17. The van der Waals surface area contributed by atoms with Gasteiger partial charge in [0.1, 0.15) is 6.07 Å². The van der Waals surface area contributed by atoms with E-state index < -0.39 is 0 Å². The number of hydrogen-bond acceptors (Lipinski definition) is 3. The number of anilines is 1. The van der Waals surface area contributed by atoms with Crippen molar-refractivity contribution in [3.8, 4) is 6.07 Å². The van der Waals surface area contributed by atoms with Gasteiger partial charge in [-0.1, -0.05) is 24.3 Å². The molecule has 1 atom stereocenters. The second-order valence-corrected chi connectivity index (χ2v) is 6.83. The van der Waals surface area contributed by atoms with Gasteiger partial charge in [0.2, 0.25) is 0 Å². The number of carbonyl (C=O) groups excluding carboxylic acids is 1. The van der Waals surface area contributed by atoms with Gasteiger partial charge in [0.05, 0.1) is 5.57 Å². The Kier molecular flexibility index (Phi) is 2.53. The van der Waals surface area contributed by atoms with Crippen LogP contribution >= 0.6 is 0 Å². The fourth-order valence-corrected chi connectivity index (χ4v) is 4.12. The highest BCUT2D eigenvalue weighted by molar-refractivity contribution is 6.05. The zero-order valence-electron chi connectivity index (χ0n) is 12.0. The summed E-state index contributed by atoms with van der Waals surface area (Å²) in [5.74, 6) is 0.105. The fourth-order valence-electron chi connectivity index (χ4n) is 4.12. The molecule has 2 aliphatic carbocycles. The van der Waals surface area contributed by atoms with E-state index in [0.29, 0.717) is 5.57 Å². The molecule has 0 amide bonds. The summed E-state index contributed by atoms with van der Waals surface area (Å²) in [7, 11) is 0. The van der Waals surface area contributed by atoms with Gasteiger partial charge in [-0.2, -0.15) is 5.26 Å². The van der Waals surface area contributed by atoms with Crippen molar-refractivity contribution in [2.45, 2.75) is 25.7 Å². The summed E-state index contributed by atoms with van der Waals surface area (Å²) in [6.45, 7) is 1.93. The first kappa shape index (κ1) is 12.6.